The standard InChI is InChI=1S/C12H23FN2/c1-11-3-2-5-14(9-11)7-8-15-6-4-12(13)10-15/h11-12H,2-10H2,1H3/t11-,12-/m1/s1. The Morgan fingerprint density at radius 2 is 1.80 bits per heavy atom. The summed E-state index contributed by atoms with van der Waals surface area (Å²) in [7, 11) is 0. The third-order valence-corrected chi connectivity index (χ3v) is 3.69. The average molecular weight is 214 g/mol. The molecule has 0 bridgehead atoms. The van der Waals surface area contributed by atoms with E-state index in [0.717, 1.165) is 32.0 Å². The number of alkyl halides is 1. The average Bonchev–Trinajstić information content (AvgIpc) is 2.62. The molecule has 0 spiro atoms. The summed E-state index contributed by atoms with van der Waals surface area (Å²) in [6, 6.07) is 0. The summed E-state index contributed by atoms with van der Waals surface area (Å²) in [6.07, 6.45) is 2.90. The zero-order valence-electron chi connectivity index (χ0n) is 9.79. The van der Waals surface area contributed by atoms with Gasteiger partial charge in [0.1, 0.15) is 6.17 Å². The molecular weight excluding hydrogens is 191 g/mol. The smallest absolute Gasteiger partial charge is 0.114 e. The van der Waals surface area contributed by atoms with Gasteiger partial charge in [-0.3, -0.25) is 4.90 Å². The number of likely N-dealkylation sites (tertiary alicyclic amines) is 2. The van der Waals surface area contributed by atoms with Gasteiger partial charge in [0.25, 0.3) is 0 Å². The number of rotatable bonds is 3. The van der Waals surface area contributed by atoms with Crippen molar-refractivity contribution >= 4 is 0 Å². The fourth-order valence-electron chi connectivity index (χ4n) is 2.76. The van der Waals surface area contributed by atoms with Crippen LogP contribution in [0.5, 0.6) is 0 Å². The van der Waals surface area contributed by atoms with Crippen molar-refractivity contribution in [3.8, 4) is 0 Å². The van der Waals surface area contributed by atoms with Gasteiger partial charge in [0.15, 0.2) is 0 Å². The number of piperidine rings is 1. The first-order valence-corrected chi connectivity index (χ1v) is 6.33. The van der Waals surface area contributed by atoms with Gasteiger partial charge in [0.2, 0.25) is 0 Å². The lowest BCUT2D eigenvalue weighted by atomic mass is 10.0. The maximum atomic E-state index is 12.9. The lowest BCUT2D eigenvalue weighted by molar-refractivity contribution is 0.160. The molecule has 2 fully saturated rings. The summed E-state index contributed by atoms with van der Waals surface area (Å²) in [5.41, 5.74) is 0. The van der Waals surface area contributed by atoms with Gasteiger partial charge in [0, 0.05) is 32.7 Å². The molecule has 88 valence electrons. The molecule has 2 nitrogen and oxygen atoms in total. The van der Waals surface area contributed by atoms with Crippen LogP contribution in [0.4, 0.5) is 4.39 Å². The Morgan fingerprint density at radius 3 is 2.40 bits per heavy atom. The molecule has 0 radical (unpaired) electrons. The lowest BCUT2D eigenvalue weighted by Gasteiger charge is -2.32. The van der Waals surface area contributed by atoms with Crippen LogP contribution in [-0.4, -0.2) is 55.2 Å². The molecule has 2 atom stereocenters. The highest BCUT2D eigenvalue weighted by Crippen LogP contribution is 2.16. The molecular formula is C12H23FN2. The van der Waals surface area contributed by atoms with E-state index in [1.165, 1.54) is 25.9 Å². The number of nitrogens with zero attached hydrogens (tertiary/aromatic N) is 2. The molecule has 0 N–H and O–H groups in total. The first-order chi connectivity index (χ1) is 7.24. The van der Waals surface area contributed by atoms with Gasteiger partial charge < -0.3 is 4.90 Å². The van der Waals surface area contributed by atoms with Crippen LogP contribution in [0, 0.1) is 5.92 Å². The zero-order valence-corrected chi connectivity index (χ0v) is 9.79. The molecule has 2 saturated heterocycles. The van der Waals surface area contributed by atoms with E-state index in [-0.39, 0.29) is 0 Å². The summed E-state index contributed by atoms with van der Waals surface area (Å²) in [6.45, 7) is 8.65. The highest BCUT2D eigenvalue weighted by Gasteiger charge is 2.22. The van der Waals surface area contributed by atoms with E-state index in [4.69, 9.17) is 0 Å². The van der Waals surface area contributed by atoms with Crippen LogP contribution < -0.4 is 0 Å². The molecule has 0 saturated carbocycles. The number of hydrogen-bond donors (Lipinski definition) is 0. The van der Waals surface area contributed by atoms with Crippen molar-refractivity contribution in [3.05, 3.63) is 0 Å². The lowest BCUT2D eigenvalue weighted by Crippen LogP contribution is -2.39. The molecule has 3 heteroatoms. The summed E-state index contributed by atoms with van der Waals surface area (Å²) < 4.78 is 12.9. The molecule has 2 aliphatic rings. The second kappa shape index (κ2) is 5.26. The van der Waals surface area contributed by atoms with Crippen LogP contribution in [0.15, 0.2) is 0 Å². The summed E-state index contributed by atoms with van der Waals surface area (Å²) in [5, 5.41) is 0. The van der Waals surface area contributed by atoms with Crippen molar-refractivity contribution in [2.45, 2.75) is 32.4 Å². The minimum absolute atomic E-state index is 0.565. The normalized spacial score (nSPS) is 34.8. The molecule has 2 rings (SSSR count). The van der Waals surface area contributed by atoms with Gasteiger partial charge >= 0.3 is 0 Å². The maximum Gasteiger partial charge on any atom is 0.114 e. The largest absolute Gasteiger partial charge is 0.302 e. The van der Waals surface area contributed by atoms with Crippen LogP contribution in [0.25, 0.3) is 0 Å². The second-order valence-electron chi connectivity index (χ2n) is 5.23. The van der Waals surface area contributed by atoms with E-state index < -0.39 is 6.17 Å². The zero-order chi connectivity index (χ0) is 10.7. The molecule has 0 aromatic heterocycles. The van der Waals surface area contributed by atoms with Crippen LogP contribution >= 0.6 is 0 Å². The Morgan fingerprint density at radius 1 is 1.07 bits per heavy atom. The van der Waals surface area contributed by atoms with E-state index in [0.29, 0.717) is 6.54 Å². The summed E-state index contributed by atoms with van der Waals surface area (Å²) in [5.74, 6) is 0.853. The molecule has 2 heterocycles. The Labute approximate surface area is 92.4 Å². The topological polar surface area (TPSA) is 6.48 Å². The van der Waals surface area contributed by atoms with E-state index in [1.54, 1.807) is 0 Å². The van der Waals surface area contributed by atoms with Gasteiger partial charge in [-0.15, -0.1) is 0 Å². The van der Waals surface area contributed by atoms with Gasteiger partial charge in [-0.25, -0.2) is 4.39 Å². The predicted molar refractivity (Wildman–Crippen MR) is 60.8 cm³/mol. The molecule has 0 aliphatic carbocycles. The van der Waals surface area contributed by atoms with Crippen LogP contribution in [0.2, 0.25) is 0 Å². The minimum Gasteiger partial charge on any atom is -0.302 e. The van der Waals surface area contributed by atoms with Crippen molar-refractivity contribution in [1.29, 1.82) is 0 Å². The molecule has 0 amide bonds. The predicted octanol–water partition coefficient (Wildman–Crippen LogP) is 1.76. The van der Waals surface area contributed by atoms with Gasteiger partial charge in [-0.2, -0.15) is 0 Å². The van der Waals surface area contributed by atoms with Crippen LogP contribution in [0.3, 0.4) is 0 Å². The van der Waals surface area contributed by atoms with E-state index in [9.17, 15) is 4.39 Å². The quantitative estimate of drug-likeness (QED) is 0.706. The van der Waals surface area contributed by atoms with Crippen molar-refractivity contribution in [1.82, 2.24) is 9.80 Å². The van der Waals surface area contributed by atoms with E-state index in [2.05, 4.69) is 16.7 Å². The highest BCUT2D eigenvalue weighted by atomic mass is 19.1. The van der Waals surface area contributed by atoms with Crippen molar-refractivity contribution in [2.75, 3.05) is 39.3 Å². The van der Waals surface area contributed by atoms with E-state index in [1.807, 2.05) is 0 Å². The van der Waals surface area contributed by atoms with Gasteiger partial charge in [-0.05, 0) is 31.7 Å². The Bertz CT molecular complexity index is 198. The summed E-state index contributed by atoms with van der Waals surface area (Å²) >= 11 is 0. The molecule has 15 heavy (non-hydrogen) atoms. The van der Waals surface area contributed by atoms with Crippen molar-refractivity contribution in [2.24, 2.45) is 5.92 Å². The molecule has 0 aromatic rings. The third kappa shape index (κ3) is 3.42. The first-order valence-electron chi connectivity index (χ1n) is 6.33. The highest BCUT2D eigenvalue weighted by molar-refractivity contribution is 4.77. The monoisotopic (exact) mass is 214 g/mol. The Kier molecular flexibility index (Phi) is 3.98. The van der Waals surface area contributed by atoms with Crippen LogP contribution in [0.1, 0.15) is 26.2 Å². The number of hydrogen-bond acceptors (Lipinski definition) is 2. The van der Waals surface area contributed by atoms with Gasteiger partial charge in [0.05, 0.1) is 0 Å². The first kappa shape index (κ1) is 11.3. The fourth-order valence-corrected chi connectivity index (χ4v) is 2.76. The number of halogens is 1. The van der Waals surface area contributed by atoms with Crippen molar-refractivity contribution in [3.63, 3.8) is 0 Å². The third-order valence-electron chi connectivity index (χ3n) is 3.69. The summed E-state index contributed by atoms with van der Waals surface area (Å²) in [4.78, 5) is 4.81. The Balaban J connectivity index is 1.64. The molecule has 0 aromatic carbocycles. The SMILES string of the molecule is C[C@@H]1CCCN(CCN2CC[C@@H](F)C2)C1. The maximum absolute atomic E-state index is 12.9. The van der Waals surface area contributed by atoms with E-state index >= 15 is 0 Å². The minimum atomic E-state index is -0.565. The van der Waals surface area contributed by atoms with Crippen LogP contribution in [-0.2, 0) is 0 Å². The fraction of sp³-hybridized carbons (Fsp3) is 1.00. The second-order valence-corrected chi connectivity index (χ2v) is 5.23. The molecule has 0 unspecified atom stereocenters. The Hall–Kier alpha value is -0.150. The molecule has 2 aliphatic heterocycles. The van der Waals surface area contributed by atoms with Gasteiger partial charge in [-0.1, -0.05) is 6.92 Å². The van der Waals surface area contributed by atoms with Crippen molar-refractivity contribution < 1.29 is 4.39 Å².